The van der Waals surface area contributed by atoms with Crippen molar-refractivity contribution in [1.82, 2.24) is 4.72 Å². The topological polar surface area (TPSA) is 81.4 Å². The first-order chi connectivity index (χ1) is 10.4. The lowest BCUT2D eigenvalue weighted by Gasteiger charge is -2.10. The van der Waals surface area contributed by atoms with Crippen LogP contribution in [0.2, 0.25) is 0 Å². The van der Waals surface area contributed by atoms with Gasteiger partial charge in [0.05, 0.1) is 4.90 Å². The van der Waals surface area contributed by atoms with Crippen LogP contribution in [0.25, 0.3) is 0 Å². The lowest BCUT2D eigenvalue weighted by molar-refractivity contribution is 0.482. The van der Waals surface area contributed by atoms with E-state index in [2.05, 4.69) is 4.72 Å². The lowest BCUT2D eigenvalue weighted by atomic mass is 10.2. The van der Waals surface area contributed by atoms with E-state index in [-0.39, 0.29) is 10.8 Å². The molecule has 2 rings (SSSR count). The van der Waals surface area contributed by atoms with Crippen LogP contribution in [0.15, 0.2) is 53.4 Å². The van der Waals surface area contributed by atoms with Gasteiger partial charge in [0, 0.05) is 12.2 Å². The maximum Gasteiger partial charge on any atom is 0.240 e. The number of benzene rings is 2. The predicted molar refractivity (Wildman–Crippen MR) is 87.4 cm³/mol. The van der Waals surface area contributed by atoms with Crippen molar-refractivity contribution in [3.63, 3.8) is 0 Å². The van der Waals surface area contributed by atoms with Gasteiger partial charge in [-0.25, -0.2) is 13.1 Å². The number of nitrogen functional groups attached to an aromatic ring is 1. The van der Waals surface area contributed by atoms with Gasteiger partial charge in [-0.2, -0.15) is 0 Å². The Bertz CT molecular complexity index is 708. The molecule has 22 heavy (non-hydrogen) atoms. The summed E-state index contributed by atoms with van der Waals surface area (Å²) in [7, 11) is -3.47. The standard InChI is InChI=1S/C16H20N2O3S/c1-12(2)11-18-22(19,20)16-9-7-15(8-10-16)21-14-5-3-13(17)4-6-14/h3-10,12,18H,11,17H2,1-2H3. The second-order valence-electron chi connectivity index (χ2n) is 5.39. The molecular formula is C16H20N2O3S. The maximum absolute atomic E-state index is 12.1. The van der Waals surface area contributed by atoms with Gasteiger partial charge in [0.15, 0.2) is 0 Å². The van der Waals surface area contributed by atoms with Crippen LogP contribution in [0.5, 0.6) is 11.5 Å². The number of hydrogen-bond donors (Lipinski definition) is 2. The molecular weight excluding hydrogens is 300 g/mol. The fraction of sp³-hybridized carbons (Fsp3) is 0.250. The third-order valence-corrected chi connectivity index (χ3v) is 4.37. The minimum atomic E-state index is -3.47. The first-order valence-electron chi connectivity index (χ1n) is 7.00. The fourth-order valence-corrected chi connectivity index (χ4v) is 2.93. The van der Waals surface area contributed by atoms with Crippen LogP contribution < -0.4 is 15.2 Å². The second-order valence-corrected chi connectivity index (χ2v) is 7.16. The van der Waals surface area contributed by atoms with Crippen molar-refractivity contribution in [2.45, 2.75) is 18.7 Å². The Balaban J connectivity index is 2.08. The molecule has 0 aliphatic carbocycles. The fourth-order valence-electron chi connectivity index (χ4n) is 1.72. The Morgan fingerprint density at radius 1 is 1.00 bits per heavy atom. The smallest absolute Gasteiger partial charge is 0.240 e. The molecule has 0 saturated heterocycles. The third kappa shape index (κ3) is 4.47. The van der Waals surface area contributed by atoms with Gasteiger partial charge in [0.1, 0.15) is 11.5 Å². The highest BCUT2D eigenvalue weighted by molar-refractivity contribution is 7.89. The van der Waals surface area contributed by atoms with Crippen molar-refractivity contribution in [1.29, 1.82) is 0 Å². The van der Waals surface area contributed by atoms with E-state index >= 15 is 0 Å². The Morgan fingerprint density at radius 2 is 1.50 bits per heavy atom. The van der Waals surface area contributed by atoms with Crippen molar-refractivity contribution in [2.24, 2.45) is 5.92 Å². The highest BCUT2D eigenvalue weighted by atomic mass is 32.2. The summed E-state index contributed by atoms with van der Waals surface area (Å²) in [6.45, 7) is 4.31. The summed E-state index contributed by atoms with van der Waals surface area (Å²) in [5, 5.41) is 0. The summed E-state index contributed by atoms with van der Waals surface area (Å²) in [4.78, 5) is 0.220. The zero-order valence-corrected chi connectivity index (χ0v) is 13.4. The average molecular weight is 320 g/mol. The largest absolute Gasteiger partial charge is 0.457 e. The Labute approximate surface area is 131 Å². The minimum absolute atomic E-state index is 0.220. The molecule has 0 radical (unpaired) electrons. The van der Waals surface area contributed by atoms with Gasteiger partial charge in [-0.3, -0.25) is 0 Å². The van der Waals surface area contributed by atoms with Crippen LogP contribution in [0.3, 0.4) is 0 Å². The van der Waals surface area contributed by atoms with Crippen LogP contribution >= 0.6 is 0 Å². The van der Waals surface area contributed by atoms with Gasteiger partial charge >= 0.3 is 0 Å². The van der Waals surface area contributed by atoms with Crippen LogP contribution in [-0.4, -0.2) is 15.0 Å². The Kier molecular flexibility index (Phi) is 5.05. The predicted octanol–water partition coefficient (Wildman–Crippen LogP) is 3.00. The van der Waals surface area contributed by atoms with Gasteiger partial charge in [-0.05, 0) is 54.4 Å². The molecule has 0 bridgehead atoms. The highest BCUT2D eigenvalue weighted by Gasteiger charge is 2.14. The summed E-state index contributed by atoms with van der Waals surface area (Å²) in [5.41, 5.74) is 6.27. The molecule has 0 unspecified atom stereocenters. The second kappa shape index (κ2) is 6.81. The van der Waals surface area contributed by atoms with Crippen molar-refractivity contribution in [3.8, 4) is 11.5 Å². The molecule has 0 aromatic heterocycles. The Morgan fingerprint density at radius 3 is 2.00 bits per heavy atom. The van der Waals surface area contributed by atoms with Crippen LogP contribution in [0.1, 0.15) is 13.8 Å². The van der Waals surface area contributed by atoms with E-state index in [1.165, 1.54) is 12.1 Å². The zero-order valence-electron chi connectivity index (χ0n) is 12.6. The number of hydrogen-bond acceptors (Lipinski definition) is 4. The molecule has 118 valence electrons. The summed E-state index contributed by atoms with van der Waals surface area (Å²) in [6.07, 6.45) is 0. The zero-order chi connectivity index (χ0) is 16.2. The molecule has 0 spiro atoms. The molecule has 0 aliphatic heterocycles. The van der Waals surface area contributed by atoms with E-state index < -0.39 is 10.0 Å². The van der Waals surface area contributed by atoms with E-state index in [1.807, 2.05) is 13.8 Å². The molecule has 0 heterocycles. The van der Waals surface area contributed by atoms with Crippen molar-refractivity contribution >= 4 is 15.7 Å². The first kappa shape index (κ1) is 16.3. The van der Waals surface area contributed by atoms with Crippen LogP contribution in [0, 0.1) is 5.92 Å². The number of nitrogens with one attached hydrogen (secondary N) is 1. The molecule has 0 amide bonds. The van der Waals surface area contributed by atoms with E-state index in [1.54, 1.807) is 36.4 Å². The number of sulfonamides is 1. The van der Waals surface area contributed by atoms with E-state index in [9.17, 15) is 8.42 Å². The van der Waals surface area contributed by atoms with E-state index in [0.717, 1.165) is 0 Å². The first-order valence-corrected chi connectivity index (χ1v) is 8.48. The number of rotatable bonds is 6. The summed E-state index contributed by atoms with van der Waals surface area (Å²) in [5.74, 6) is 1.46. The Hall–Kier alpha value is -2.05. The molecule has 2 aromatic rings. The van der Waals surface area contributed by atoms with Gasteiger partial charge in [0.2, 0.25) is 10.0 Å². The normalized spacial score (nSPS) is 11.6. The van der Waals surface area contributed by atoms with Gasteiger partial charge < -0.3 is 10.5 Å². The van der Waals surface area contributed by atoms with Gasteiger partial charge in [-0.1, -0.05) is 13.8 Å². The van der Waals surface area contributed by atoms with Crippen LogP contribution in [-0.2, 0) is 10.0 Å². The van der Waals surface area contributed by atoms with E-state index in [0.29, 0.717) is 23.7 Å². The quantitative estimate of drug-likeness (QED) is 0.802. The SMILES string of the molecule is CC(C)CNS(=O)(=O)c1ccc(Oc2ccc(N)cc2)cc1. The number of nitrogens with two attached hydrogens (primary N) is 1. The molecule has 0 saturated carbocycles. The summed E-state index contributed by atoms with van der Waals surface area (Å²) in [6, 6.07) is 13.3. The molecule has 5 nitrogen and oxygen atoms in total. The third-order valence-electron chi connectivity index (χ3n) is 2.93. The van der Waals surface area contributed by atoms with Gasteiger partial charge in [0.25, 0.3) is 0 Å². The molecule has 0 atom stereocenters. The van der Waals surface area contributed by atoms with Crippen molar-refractivity contribution in [2.75, 3.05) is 12.3 Å². The minimum Gasteiger partial charge on any atom is -0.457 e. The monoisotopic (exact) mass is 320 g/mol. The molecule has 0 aliphatic rings. The molecule has 3 N–H and O–H groups in total. The average Bonchev–Trinajstić information content (AvgIpc) is 2.48. The number of anilines is 1. The van der Waals surface area contributed by atoms with E-state index in [4.69, 9.17) is 10.5 Å². The lowest BCUT2D eigenvalue weighted by Crippen LogP contribution is -2.27. The van der Waals surface area contributed by atoms with Crippen molar-refractivity contribution < 1.29 is 13.2 Å². The number of ether oxygens (including phenoxy) is 1. The van der Waals surface area contributed by atoms with Gasteiger partial charge in [-0.15, -0.1) is 0 Å². The molecule has 0 fully saturated rings. The highest BCUT2D eigenvalue weighted by Crippen LogP contribution is 2.23. The van der Waals surface area contributed by atoms with Crippen LogP contribution in [0.4, 0.5) is 5.69 Å². The molecule has 2 aromatic carbocycles. The summed E-state index contributed by atoms with van der Waals surface area (Å²) < 4.78 is 32.4. The van der Waals surface area contributed by atoms with Crippen molar-refractivity contribution in [3.05, 3.63) is 48.5 Å². The molecule has 6 heteroatoms. The summed E-state index contributed by atoms with van der Waals surface area (Å²) >= 11 is 0. The maximum atomic E-state index is 12.1.